The number of nitriles is 1. The van der Waals surface area contributed by atoms with Gasteiger partial charge in [0.25, 0.3) is 0 Å². The first-order chi connectivity index (χ1) is 7.22. The monoisotopic (exact) mass is 220 g/mol. The van der Waals surface area contributed by atoms with Crippen molar-refractivity contribution in [2.45, 2.75) is 0 Å². The fourth-order valence-electron chi connectivity index (χ4n) is 1.69. The number of halogens is 1. The molecule has 4 heteroatoms. The van der Waals surface area contributed by atoms with E-state index in [4.69, 9.17) is 16.9 Å². The molecule has 1 aromatic rings. The summed E-state index contributed by atoms with van der Waals surface area (Å²) in [4.78, 5) is 13.2. The third-order valence-electron chi connectivity index (χ3n) is 2.49. The number of anilines is 1. The molecule has 1 aliphatic rings. The van der Waals surface area contributed by atoms with Gasteiger partial charge in [-0.3, -0.25) is 4.79 Å². The van der Waals surface area contributed by atoms with Gasteiger partial charge in [-0.25, -0.2) is 0 Å². The maximum absolute atomic E-state index is 11.4. The molecule has 1 aromatic carbocycles. The average Bonchev–Trinajstić information content (AvgIpc) is 2.60. The van der Waals surface area contributed by atoms with E-state index < -0.39 is 5.92 Å². The topological polar surface area (TPSA) is 44.1 Å². The third kappa shape index (κ3) is 1.81. The second kappa shape index (κ2) is 3.92. The minimum atomic E-state index is -0.513. The van der Waals surface area contributed by atoms with E-state index in [9.17, 15) is 4.79 Å². The smallest absolute Gasteiger partial charge is 0.170 e. The van der Waals surface area contributed by atoms with Gasteiger partial charge in [0.15, 0.2) is 5.78 Å². The number of para-hydroxylation sites is 1. The van der Waals surface area contributed by atoms with Gasteiger partial charge in [-0.1, -0.05) is 23.7 Å². The summed E-state index contributed by atoms with van der Waals surface area (Å²) in [7, 11) is 0. The van der Waals surface area contributed by atoms with Crippen LogP contribution in [0, 0.1) is 17.2 Å². The van der Waals surface area contributed by atoms with Gasteiger partial charge in [0.1, 0.15) is 5.92 Å². The van der Waals surface area contributed by atoms with Crippen LogP contribution in [0.15, 0.2) is 24.3 Å². The largest absolute Gasteiger partial charge is 0.361 e. The highest BCUT2D eigenvalue weighted by molar-refractivity contribution is 6.33. The van der Waals surface area contributed by atoms with Crippen molar-refractivity contribution < 1.29 is 4.79 Å². The molecular weight excluding hydrogens is 212 g/mol. The summed E-state index contributed by atoms with van der Waals surface area (Å²) in [5, 5.41) is 9.35. The molecular formula is C11H9ClN2O. The number of ketones is 1. The number of hydrogen-bond acceptors (Lipinski definition) is 3. The Hall–Kier alpha value is -1.53. The summed E-state index contributed by atoms with van der Waals surface area (Å²) in [6.45, 7) is 0.723. The number of carbonyl (C=O) groups is 1. The summed E-state index contributed by atoms with van der Waals surface area (Å²) in [6, 6.07) is 9.34. The van der Waals surface area contributed by atoms with Crippen molar-refractivity contribution in [2.75, 3.05) is 18.0 Å². The molecule has 0 radical (unpaired) electrons. The molecule has 0 N–H and O–H groups in total. The Morgan fingerprint density at radius 2 is 2.20 bits per heavy atom. The van der Waals surface area contributed by atoms with Gasteiger partial charge >= 0.3 is 0 Å². The first-order valence-corrected chi connectivity index (χ1v) is 5.02. The molecule has 1 heterocycles. The second-order valence-electron chi connectivity index (χ2n) is 3.48. The van der Waals surface area contributed by atoms with Crippen molar-refractivity contribution in [1.82, 2.24) is 0 Å². The SMILES string of the molecule is N#C[C@@H]1CN(c2ccccc2Cl)CC1=O. The Balaban J connectivity index is 2.25. The molecule has 76 valence electrons. The van der Waals surface area contributed by atoms with Crippen LogP contribution < -0.4 is 4.90 Å². The van der Waals surface area contributed by atoms with Gasteiger partial charge in [-0.15, -0.1) is 0 Å². The van der Waals surface area contributed by atoms with Gasteiger partial charge in [0.2, 0.25) is 0 Å². The lowest BCUT2D eigenvalue weighted by molar-refractivity contribution is -0.118. The van der Waals surface area contributed by atoms with Crippen molar-refractivity contribution in [2.24, 2.45) is 5.92 Å². The van der Waals surface area contributed by atoms with E-state index in [-0.39, 0.29) is 12.3 Å². The zero-order valence-electron chi connectivity index (χ0n) is 7.98. The van der Waals surface area contributed by atoms with E-state index in [1.165, 1.54) is 0 Å². The Morgan fingerprint density at radius 1 is 1.47 bits per heavy atom. The summed E-state index contributed by atoms with van der Waals surface area (Å²) in [5.41, 5.74) is 0.824. The van der Waals surface area contributed by atoms with Crippen LogP contribution in [-0.2, 0) is 4.79 Å². The average molecular weight is 221 g/mol. The van der Waals surface area contributed by atoms with Crippen LogP contribution in [0.4, 0.5) is 5.69 Å². The van der Waals surface area contributed by atoms with E-state index in [0.717, 1.165) is 5.69 Å². The fraction of sp³-hybridized carbons (Fsp3) is 0.273. The third-order valence-corrected chi connectivity index (χ3v) is 2.81. The number of rotatable bonds is 1. The van der Waals surface area contributed by atoms with Crippen LogP contribution in [-0.4, -0.2) is 18.9 Å². The summed E-state index contributed by atoms with van der Waals surface area (Å²) < 4.78 is 0. The number of carbonyl (C=O) groups excluding carboxylic acids is 1. The predicted octanol–water partition coefficient (Wildman–Crippen LogP) is 1.87. The standard InChI is InChI=1S/C11H9ClN2O/c12-9-3-1-2-4-10(9)14-6-8(5-13)11(15)7-14/h1-4,8H,6-7H2/t8-/m1/s1. The number of benzene rings is 1. The second-order valence-corrected chi connectivity index (χ2v) is 3.89. The van der Waals surface area contributed by atoms with E-state index in [1.807, 2.05) is 29.2 Å². The van der Waals surface area contributed by atoms with Crippen LogP contribution in [0.1, 0.15) is 0 Å². The highest BCUT2D eigenvalue weighted by Gasteiger charge is 2.31. The fourth-order valence-corrected chi connectivity index (χ4v) is 1.94. The highest BCUT2D eigenvalue weighted by atomic mass is 35.5. The molecule has 0 aromatic heterocycles. The molecule has 0 unspecified atom stereocenters. The van der Waals surface area contributed by atoms with Gasteiger partial charge in [0.05, 0.1) is 23.3 Å². The van der Waals surface area contributed by atoms with Crippen LogP contribution in [0.3, 0.4) is 0 Å². The summed E-state index contributed by atoms with van der Waals surface area (Å²) in [5.74, 6) is -0.543. The lowest BCUT2D eigenvalue weighted by Gasteiger charge is -2.17. The summed E-state index contributed by atoms with van der Waals surface area (Å²) in [6.07, 6.45) is 0. The van der Waals surface area contributed by atoms with Crippen molar-refractivity contribution in [3.63, 3.8) is 0 Å². The molecule has 2 rings (SSSR count). The predicted molar refractivity (Wildman–Crippen MR) is 57.8 cm³/mol. The van der Waals surface area contributed by atoms with E-state index in [1.54, 1.807) is 6.07 Å². The summed E-state index contributed by atoms with van der Waals surface area (Å²) >= 11 is 6.01. The molecule has 0 amide bonds. The maximum atomic E-state index is 11.4. The number of nitrogens with zero attached hydrogens (tertiary/aromatic N) is 2. The minimum Gasteiger partial charge on any atom is -0.361 e. The highest BCUT2D eigenvalue weighted by Crippen LogP contribution is 2.28. The Kier molecular flexibility index (Phi) is 2.61. The van der Waals surface area contributed by atoms with Crippen molar-refractivity contribution in [3.05, 3.63) is 29.3 Å². The van der Waals surface area contributed by atoms with Crippen molar-refractivity contribution in [1.29, 1.82) is 5.26 Å². The molecule has 0 bridgehead atoms. The first-order valence-electron chi connectivity index (χ1n) is 4.64. The lowest BCUT2D eigenvalue weighted by atomic mass is 10.1. The Morgan fingerprint density at radius 3 is 2.80 bits per heavy atom. The molecule has 0 saturated carbocycles. The maximum Gasteiger partial charge on any atom is 0.170 e. The lowest BCUT2D eigenvalue weighted by Crippen LogP contribution is -2.20. The zero-order valence-corrected chi connectivity index (χ0v) is 8.74. The molecule has 1 atom stereocenters. The van der Waals surface area contributed by atoms with Gasteiger partial charge < -0.3 is 4.90 Å². The quantitative estimate of drug-likeness (QED) is 0.726. The van der Waals surface area contributed by atoms with Crippen molar-refractivity contribution in [3.8, 4) is 6.07 Å². The molecule has 0 spiro atoms. The van der Waals surface area contributed by atoms with Crippen LogP contribution in [0.25, 0.3) is 0 Å². The van der Waals surface area contributed by atoms with Gasteiger partial charge in [-0.05, 0) is 12.1 Å². The molecule has 0 aliphatic carbocycles. The molecule has 3 nitrogen and oxygen atoms in total. The molecule has 1 aliphatic heterocycles. The Bertz CT molecular complexity index is 438. The van der Waals surface area contributed by atoms with E-state index >= 15 is 0 Å². The van der Waals surface area contributed by atoms with Crippen molar-refractivity contribution >= 4 is 23.1 Å². The zero-order chi connectivity index (χ0) is 10.8. The minimum absolute atomic E-state index is 0.0302. The molecule has 1 saturated heterocycles. The van der Waals surface area contributed by atoms with Crippen LogP contribution >= 0.6 is 11.6 Å². The molecule has 1 fully saturated rings. The van der Waals surface area contributed by atoms with Gasteiger partial charge in [0, 0.05) is 6.54 Å². The van der Waals surface area contributed by atoms with Crippen LogP contribution in [0.2, 0.25) is 5.02 Å². The Labute approximate surface area is 92.9 Å². The van der Waals surface area contributed by atoms with E-state index in [2.05, 4.69) is 0 Å². The number of hydrogen-bond donors (Lipinski definition) is 0. The molecule has 15 heavy (non-hydrogen) atoms. The normalized spacial score (nSPS) is 20.4. The van der Waals surface area contributed by atoms with Crippen LogP contribution in [0.5, 0.6) is 0 Å². The van der Waals surface area contributed by atoms with E-state index in [0.29, 0.717) is 11.6 Å². The number of Topliss-reactive ketones (excluding diaryl/α,β-unsaturated/α-hetero) is 1. The van der Waals surface area contributed by atoms with Gasteiger partial charge in [-0.2, -0.15) is 5.26 Å². The first kappa shape index (κ1) is 10.0.